The van der Waals surface area contributed by atoms with E-state index >= 15 is 0 Å². The fourth-order valence-corrected chi connectivity index (χ4v) is 5.72. The van der Waals surface area contributed by atoms with Crippen LogP contribution < -0.4 is 15.8 Å². The lowest BCUT2D eigenvalue weighted by Crippen LogP contribution is -2.68. The van der Waals surface area contributed by atoms with Gasteiger partial charge in [0.25, 0.3) is 5.56 Å². The van der Waals surface area contributed by atoms with Crippen molar-refractivity contribution in [3.63, 3.8) is 0 Å². The van der Waals surface area contributed by atoms with Crippen molar-refractivity contribution in [2.75, 3.05) is 29.9 Å². The number of piperidine rings is 1. The minimum absolute atomic E-state index is 0.243. The molecule has 2 unspecified atom stereocenters. The molecule has 7 rings (SSSR count). The molecule has 0 saturated carbocycles. The Kier molecular flexibility index (Phi) is 6.52. The molecule has 0 aliphatic carbocycles. The number of piperazine rings is 1. The van der Waals surface area contributed by atoms with E-state index in [1.165, 1.54) is 23.0 Å². The SMILES string of the molecule is C=CCN1C2CC1CN(c1ccc(Nc3ncc4c(=O)n(CC=C)n(-c5cccc(C(C)(C)O)n5)c4n3)cc1)C2. The second kappa shape index (κ2) is 10.0. The average molecular weight is 539 g/mol. The second-order valence-corrected chi connectivity index (χ2v) is 11.0. The Labute approximate surface area is 232 Å². The Bertz CT molecular complexity index is 1620. The molecule has 2 atom stereocenters. The third-order valence-corrected chi connectivity index (χ3v) is 7.73. The number of aromatic nitrogens is 5. The third kappa shape index (κ3) is 4.59. The molecule has 3 aliphatic rings. The molecule has 0 spiro atoms. The van der Waals surface area contributed by atoms with Crippen molar-refractivity contribution in [2.24, 2.45) is 0 Å². The predicted molar refractivity (Wildman–Crippen MR) is 157 cm³/mol. The monoisotopic (exact) mass is 538 g/mol. The molecule has 3 aliphatic heterocycles. The van der Waals surface area contributed by atoms with Crippen molar-refractivity contribution in [3.8, 4) is 5.82 Å². The van der Waals surface area contributed by atoms with Crippen molar-refractivity contribution in [2.45, 2.75) is 44.5 Å². The van der Waals surface area contributed by atoms with Crippen LogP contribution in [0.15, 0.2) is 78.8 Å². The van der Waals surface area contributed by atoms with Gasteiger partial charge in [0.2, 0.25) is 5.95 Å². The van der Waals surface area contributed by atoms with Crippen LogP contribution >= 0.6 is 0 Å². The third-order valence-electron chi connectivity index (χ3n) is 7.73. The minimum atomic E-state index is -1.14. The molecule has 2 N–H and O–H groups in total. The summed E-state index contributed by atoms with van der Waals surface area (Å²) in [4.78, 5) is 32.0. The van der Waals surface area contributed by atoms with Crippen LogP contribution in [0.5, 0.6) is 0 Å². The van der Waals surface area contributed by atoms with Gasteiger partial charge in [-0.25, -0.2) is 19.3 Å². The van der Waals surface area contributed by atoms with Crippen molar-refractivity contribution in [3.05, 3.63) is 90.0 Å². The highest BCUT2D eigenvalue weighted by Gasteiger charge is 2.43. The Morgan fingerprint density at radius 1 is 1.05 bits per heavy atom. The van der Waals surface area contributed by atoms with Gasteiger partial charge in [0, 0.05) is 49.3 Å². The Balaban J connectivity index is 1.28. The molecule has 3 aromatic heterocycles. The Morgan fingerprint density at radius 3 is 2.45 bits per heavy atom. The maximum Gasteiger partial charge on any atom is 0.278 e. The van der Waals surface area contributed by atoms with E-state index in [2.05, 4.69) is 50.4 Å². The summed E-state index contributed by atoms with van der Waals surface area (Å²) in [6.07, 6.45) is 6.44. The number of pyridine rings is 1. The zero-order valence-corrected chi connectivity index (χ0v) is 22.9. The van der Waals surface area contributed by atoms with E-state index in [1.807, 2.05) is 18.2 Å². The van der Waals surface area contributed by atoms with E-state index in [4.69, 9.17) is 4.98 Å². The van der Waals surface area contributed by atoms with E-state index < -0.39 is 5.60 Å². The fourth-order valence-electron chi connectivity index (χ4n) is 5.72. The Hall–Kier alpha value is -4.28. The van der Waals surface area contributed by atoms with Gasteiger partial charge in [0.05, 0.1) is 12.2 Å². The standard InChI is InChI=1S/C30H34N8O2/c1-5-14-36-22-16-23(36)19-35(18-22)21-12-10-20(11-13-21)32-29-31-17-24-27(34-29)38(37(15-6-2)28(24)39)26-9-7-8-25(33-26)30(3,4)40/h5-13,17,22-23,40H,1-2,14-16,18-19H2,3-4H3,(H,31,32,34). The van der Waals surface area contributed by atoms with Gasteiger partial charge in [-0.05, 0) is 56.7 Å². The van der Waals surface area contributed by atoms with Gasteiger partial charge < -0.3 is 15.3 Å². The molecule has 0 radical (unpaired) electrons. The predicted octanol–water partition coefficient (Wildman–Crippen LogP) is 3.58. The van der Waals surface area contributed by atoms with Gasteiger partial charge in [-0.3, -0.25) is 9.69 Å². The molecule has 206 valence electrons. The van der Waals surface area contributed by atoms with Crippen LogP contribution in [0.1, 0.15) is 26.0 Å². The van der Waals surface area contributed by atoms with Gasteiger partial charge in [0.15, 0.2) is 11.5 Å². The number of nitrogens with zero attached hydrogens (tertiary/aromatic N) is 7. The fraction of sp³-hybridized carbons (Fsp3) is 0.333. The number of nitrogens with one attached hydrogen (secondary N) is 1. The van der Waals surface area contributed by atoms with Crippen LogP contribution in [-0.4, -0.2) is 66.0 Å². The summed E-state index contributed by atoms with van der Waals surface area (Å²) < 4.78 is 3.17. The molecule has 3 saturated heterocycles. The first-order valence-corrected chi connectivity index (χ1v) is 13.5. The van der Waals surface area contributed by atoms with E-state index in [1.54, 1.807) is 42.8 Å². The zero-order chi connectivity index (χ0) is 28.0. The molecular formula is C30H34N8O2. The highest BCUT2D eigenvalue weighted by atomic mass is 16.3. The van der Waals surface area contributed by atoms with E-state index in [-0.39, 0.29) is 12.1 Å². The summed E-state index contributed by atoms with van der Waals surface area (Å²) in [5, 5.41) is 14.2. The molecule has 10 nitrogen and oxygen atoms in total. The van der Waals surface area contributed by atoms with Gasteiger partial charge >= 0.3 is 0 Å². The lowest BCUT2D eigenvalue weighted by molar-refractivity contribution is 0.0109. The highest BCUT2D eigenvalue weighted by Crippen LogP contribution is 2.34. The first-order chi connectivity index (χ1) is 19.3. The van der Waals surface area contributed by atoms with Gasteiger partial charge in [-0.2, -0.15) is 4.98 Å². The number of anilines is 3. The van der Waals surface area contributed by atoms with Crippen LogP contribution in [0.3, 0.4) is 0 Å². The van der Waals surface area contributed by atoms with Gasteiger partial charge in [0.1, 0.15) is 11.0 Å². The maximum absolute atomic E-state index is 13.2. The molecule has 40 heavy (non-hydrogen) atoms. The topological polar surface area (TPSA) is 104 Å². The van der Waals surface area contributed by atoms with Crippen LogP contribution in [0.4, 0.5) is 17.3 Å². The number of hydrogen-bond acceptors (Lipinski definition) is 8. The second-order valence-electron chi connectivity index (χ2n) is 11.0. The lowest BCUT2D eigenvalue weighted by atomic mass is 9.87. The molecular weight excluding hydrogens is 504 g/mol. The van der Waals surface area contributed by atoms with Gasteiger partial charge in [-0.15, -0.1) is 13.2 Å². The van der Waals surface area contributed by atoms with E-state index in [0.29, 0.717) is 40.6 Å². The number of benzene rings is 1. The first-order valence-electron chi connectivity index (χ1n) is 13.5. The molecule has 0 amide bonds. The molecule has 3 fully saturated rings. The van der Waals surface area contributed by atoms with Crippen LogP contribution in [0.25, 0.3) is 16.9 Å². The molecule has 1 aromatic carbocycles. The van der Waals surface area contributed by atoms with Crippen molar-refractivity contribution >= 4 is 28.4 Å². The van der Waals surface area contributed by atoms with Gasteiger partial charge in [-0.1, -0.05) is 18.2 Å². The number of fused-ring (bicyclic) bond motifs is 3. The minimum Gasteiger partial charge on any atom is -0.384 e. The normalized spacial score (nSPS) is 18.9. The largest absolute Gasteiger partial charge is 0.384 e. The molecule has 4 aromatic rings. The summed E-state index contributed by atoms with van der Waals surface area (Å²) in [6.45, 7) is 14.3. The van der Waals surface area contributed by atoms with Crippen molar-refractivity contribution in [1.29, 1.82) is 0 Å². The Morgan fingerprint density at radius 2 is 1.77 bits per heavy atom. The maximum atomic E-state index is 13.2. The molecule has 2 bridgehead atoms. The average Bonchev–Trinajstić information content (AvgIpc) is 3.22. The van der Waals surface area contributed by atoms with Crippen LogP contribution in [0, 0.1) is 0 Å². The van der Waals surface area contributed by atoms with E-state index in [0.717, 1.165) is 25.3 Å². The smallest absolute Gasteiger partial charge is 0.278 e. The number of allylic oxidation sites excluding steroid dienone is 1. The summed E-state index contributed by atoms with van der Waals surface area (Å²) >= 11 is 0. The first kappa shape index (κ1) is 26.0. The zero-order valence-electron chi connectivity index (χ0n) is 22.9. The molecule has 6 heterocycles. The van der Waals surface area contributed by atoms with E-state index in [9.17, 15) is 9.90 Å². The van der Waals surface area contributed by atoms with Crippen LogP contribution in [-0.2, 0) is 12.1 Å². The number of rotatable bonds is 9. The summed E-state index contributed by atoms with van der Waals surface area (Å²) in [6, 6.07) is 14.8. The lowest BCUT2D eigenvalue weighted by Gasteiger charge is -2.56. The van der Waals surface area contributed by atoms with Crippen molar-refractivity contribution < 1.29 is 5.11 Å². The summed E-state index contributed by atoms with van der Waals surface area (Å²) in [7, 11) is 0. The summed E-state index contributed by atoms with van der Waals surface area (Å²) in [5.41, 5.74) is 1.56. The number of aliphatic hydroxyl groups is 1. The number of hydrogen-bond donors (Lipinski definition) is 2. The van der Waals surface area contributed by atoms with Crippen molar-refractivity contribution in [1.82, 2.24) is 29.2 Å². The molecule has 10 heteroatoms. The highest BCUT2D eigenvalue weighted by molar-refractivity contribution is 5.77. The summed E-state index contributed by atoms with van der Waals surface area (Å²) in [5.74, 6) is 0.830. The quantitative estimate of drug-likeness (QED) is 0.312. The van der Waals surface area contributed by atoms with Crippen LogP contribution in [0.2, 0.25) is 0 Å².